The number of hydrogen-bond donors (Lipinski definition) is 1. The van der Waals surface area contributed by atoms with Gasteiger partial charge < -0.3 is 14.1 Å². The van der Waals surface area contributed by atoms with E-state index in [0.717, 1.165) is 65.9 Å². The number of ether oxygens (including phenoxy) is 1. The van der Waals surface area contributed by atoms with Gasteiger partial charge in [-0.15, -0.1) is 0 Å². The molecule has 160 valence electrons. The molecule has 0 fully saturated rings. The molecule has 0 aliphatic carbocycles. The van der Waals surface area contributed by atoms with Crippen molar-refractivity contribution in [3.8, 4) is 39.7 Å². The molecule has 6 aromatic rings. The highest BCUT2D eigenvalue weighted by molar-refractivity contribution is 9.10. The number of fused-ring (bicyclic) bond motifs is 3. The molecule has 33 heavy (non-hydrogen) atoms. The second-order valence-electron chi connectivity index (χ2n) is 7.81. The second-order valence-corrected chi connectivity index (χ2v) is 8.67. The third-order valence-electron chi connectivity index (χ3n) is 5.91. The summed E-state index contributed by atoms with van der Waals surface area (Å²) < 4.78 is 12.6. The summed E-state index contributed by atoms with van der Waals surface area (Å²) in [5.74, 6) is 2.34. The number of aromatic amines is 1. The van der Waals surface area contributed by atoms with Crippen LogP contribution in [0.25, 0.3) is 55.7 Å². The molecule has 0 radical (unpaired) electrons. The molecule has 3 aromatic carbocycles. The van der Waals surface area contributed by atoms with E-state index in [4.69, 9.17) is 14.1 Å². The summed E-state index contributed by atoms with van der Waals surface area (Å²) in [4.78, 5) is 8.43. The average molecular weight is 495 g/mol. The number of rotatable bonds is 4. The molecule has 5 heteroatoms. The number of methoxy groups -OCH3 is 1. The molecule has 0 saturated heterocycles. The molecule has 1 N–H and O–H groups in total. The first-order valence-electron chi connectivity index (χ1n) is 10.6. The van der Waals surface area contributed by atoms with Crippen molar-refractivity contribution in [2.75, 3.05) is 7.11 Å². The van der Waals surface area contributed by atoms with E-state index in [1.54, 1.807) is 7.11 Å². The van der Waals surface area contributed by atoms with Crippen LogP contribution < -0.4 is 4.74 Å². The molecule has 0 atom stereocenters. The van der Waals surface area contributed by atoms with Gasteiger partial charge in [-0.1, -0.05) is 64.5 Å². The monoisotopic (exact) mass is 494 g/mol. The van der Waals surface area contributed by atoms with Crippen molar-refractivity contribution in [3.63, 3.8) is 0 Å². The number of pyridine rings is 1. The lowest BCUT2D eigenvalue weighted by Gasteiger charge is -2.08. The number of aromatic nitrogens is 2. The van der Waals surface area contributed by atoms with Gasteiger partial charge in [-0.25, -0.2) is 0 Å². The van der Waals surface area contributed by atoms with E-state index in [0.29, 0.717) is 0 Å². The molecule has 0 amide bonds. The lowest BCUT2D eigenvalue weighted by Crippen LogP contribution is -1.89. The number of furan rings is 1. The zero-order chi connectivity index (χ0) is 22.4. The first-order chi connectivity index (χ1) is 16.2. The minimum atomic E-state index is 0.721. The summed E-state index contributed by atoms with van der Waals surface area (Å²) in [6, 6.07) is 28.4. The largest absolute Gasteiger partial charge is 0.497 e. The van der Waals surface area contributed by atoms with Crippen LogP contribution in [0, 0.1) is 0 Å². The molecule has 0 bridgehead atoms. The van der Waals surface area contributed by atoms with Crippen molar-refractivity contribution in [3.05, 3.63) is 95.6 Å². The summed E-state index contributed by atoms with van der Waals surface area (Å²) in [5, 5.41) is 2.28. The molecular formula is C28H19BrN2O2. The lowest BCUT2D eigenvalue weighted by molar-refractivity contribution is 0.415. The van der Waals surface area contributed by atoms with Crippen LogP contribution in [-0.2, 0) is 0 Å². The highest BCUT2D eigenvalue weighted by Crippen LogP contribution is 2.40. The second kappa shape index (κ2) is 7.94. The first kappa shape index (κ1) is 19.8. The molecule has 0 aliphatic heterocycles. The van der Waals surface area contributed by atoms with Gasteiger partial charge in [0.15, 0.2) is 5.76 Å². The van der Waals surface area contributed by atoms with Gasteiger partial charge >= 0.3 is 0 Å². The normalized spacial score (nSPS) is 11.3. The predicted molar refractivity (Wildman–Crippen MR) is 136 cm³/mol. The van der Waals surface area contributed by atoms with Crippen molar-refractivity contribution in [2.45, 2.75) is 0 Å². The van der Waals surface area contributed by atoms with Crippen molar-refractivity contribution >= 4 is 37.7 Å². The smallest absolute Gasteiger partial charge is 0.155 e. The van der Waals surface area contributed by atoms with Crippen LogP contribution in [0.1, 0.15) is 0 Å². The van der Waals surface area contributed by atoms with E-state index < -0.39 is 0 Å². The molecule has 6 rings (SSSR count). The predicted octanol–water partition coefficient (Wildman–Crippen LogP) is 8.08. The Labute approximate surface area is 199 Å². The summed E-state index contributed by atoms with van der Waals surface area (Å²) >= 11 is 3.62. The van der Waals surface area contributed by atoms with E-state index in [1.807, 2.05) is 60.8 Å². The maximum atomic E-state index is 6.29. The van der Waals surface area contributed by atoms with Crippen LogP contribution in [-0.4, -0.2) is 17.1 Å². The Morgan fingerprint density at radius 3 is 2.39 bits per heavy atom. The van der Waals surface area contributed by atoms with Gasteiger partial charge in [0.25, 0.3) is 0 Å². The van der Waals surface area contributed by atoms with Gasteiger partial charge in [-0.05, 0) is 42.0 Å². The summed E-state index contributed by atoms with van der Waals surface area (Å²) in [6.45, 7) is 0. The molecule has 4 nitrogen and oxygen atoms in total. The van der Waals surface area contributed by atoms with Crippen molar-refractivity contribution < 1.29 is 9.15 Å². The summed E-state index contributed by atoms with van der Waals surface area (Å²) in [5.41, 5.74) is 5.96. The van der Waals surface area contributed by atoms with Crippen LogP contribution >= 0.6 is 15.9 Å². The minimum absolute atomic E-state index is 0.721. The zero-order valence-corrected chi connectivity index (χ0v) is 19.4. The third-order valence-corrected chi connectivity index (χ3v) is 6.61. The van der Waals surface area contributed by atoms with Crippen LogP contribution in [0.3, 0.4) is 0 Å². The van der Waals surface area contributed by atoms with Crippen molar-refractivity contribution in [1.82, 2.24) is 9.97 Å². The molecule has 0 spiro atoms. The maximum absolute atomic E-state index is 6.29. The topological polar surface area (TPSA) is 51.1 Å². The number of H-pyrrole nitrogens is 1. The van der Waals surface area contributed by atoms with Crippen molar-refractivity contribution in [2.24, 2.45) is 0 Å². The fourth-order valence-electron chi connectivity index (χ4n) is 4.30. The Kier molecular flexibility index (Phi) is 4.77. The van der Waals surface area contributed by atoms with Gasteiger partial charge in [0.2, 0.25) is 0 Å². The zero-order valence-electron chi connectivity index (χ0n) is 17.8. The van der Waals surface area contributed by atoms with Gasteiger partial charge in [0.05, 0.1) is 12.6 Å². The average Bonchev–Trinajstić information content (AvgIpc) is 3.49. The van der Waals surface area contributed by atoms with Crippen LogP contribution in [0.15, 0.2) is 100 Å². The SMILES string of the molecule is COc1ccc(-c2cnc(-c3ccc(-c4ccccc4Br)o3)c3[nH]c4ccccc4c23)cc1. The van der Waals surface area contributed by atoms with E-state index >= 15 is 0 Å². The first-order valence-corrected chi connectivity index (χ1v) is 11.4. The van der Waals surface area contributed by atoms with Crippen molar-refractivity contribution in [1.29, 1.82) is 0 Å². The minimum Gasteiger partial charge on any atom is -0.497 e. The molecule has 3 aromatic heterocycles. The lowest BCUT2D eigenvalue weighted by atomic mass is 10.00. The number of halogens is 1. The highest BCUT2D eigenvalue weighted by Gasteiger charge is 2.19. The summed E-state index contributed by atoms with van der Waals surface area (Å²) in [7, 11) is 1.68. The van der Waals surface area contributed by atoms with Crippen LogP contribution in [0.2, 0.25) is 0 Å². The van der Waals surface area contributed by atoms with Crippen LogP contribution in [0.5, 0.6) is 5.75 Å². The highest BCUT2D eigenvalue weighted by atomic mass is 79.9. The Morgan fingerprint density at radius 2 is 1.58 bits per heavy atom. The maximum Gasteiger partial charge on any atom is 0.155 e. The van der Waals surface area contributed by atoms with Gasteiger partial charge in [0, 0.05) is 38.1 Å². The van der Waals surface area contributed by atoms with Gasteiger partial charge in [-0.2, -0.15) is 0 Å². The number of nitrogens with zero attached hydrogens (tertiary/aromatic N) is 1. The summed E-state index contributed by atoms with van der Waals surface area (Å²) in [6.07, 6.45) is 1.93. The number of para-hydroxylation sites is 1. The van der Waals surface area contributed by atoms with Gasteiger partial charge in [-0.3, -0.25) is 4.98 Å². The third kappa shape index (κ3) is 3.33. The van der Waals surface area contributed by atoms with E-state index in [2.05, 4.69) is 51.2 Å². The van der Waals surface area contributed by atoms with E-state index in [1.165, 1.54) is 0 Å². The fourth-order valence-corrected chi connectivity index (χ4v) is 4.78. The Bertz CT molecular complexity index is 1610. The van der Waals surface area contributed by atoms with Crippen LogP contribution in [0.4, 0.5) is 0 Å². The molecular weight excluding hydrogens is 476 g/mol. The molecule has 3 heterocycles. The molecule has 0 aliphatic rings. The standard InChI is InChI=1S/C28H19BrN2O2/c1-32-18-12-10-17(11-13-18)21-16-30-27(28-26(21)20-7-3-5-9-23(20)31-28)25-15-14-24(33-25)19-6-2-4-8-22(19)29/h2-16,31H,1H3. The van der Waals surface area contributed by atoms with E-state index in [-0.39, 0.29) is 0 Å². The number of nitrogens with one attached hydrogen (secondary N) is 1. The quantitative estimate of drug-likeness (QED) is 0.269. The number of benzene rings is 3. The van der Waals surface area contributed by atoms with Gasteiger partial charge in [0.1, 0.15) is 17.2 Å². The molecule has 0 unspecified atom stereocenters. The Morgan fingerprint density at radius 1 is 0.818 bits per heavy atom. The Balaban J connectivity index is 1.57. The van der Waals surface area contributed by atoms with E-state index in [9.17, 15) is 0 Å². The molecule has 0 saturated carbocycles. The Hall–Kier alpha value is -3.83. The fraction of sp³-hybridized carbons (Fsp3) is 0.0357. The number of hydrogen-bond acceptors (Lipinski definition) is 3.